The standard InChI is InChI=1S/C25H21FN4O3S/c1-33-21-13-9-19(10-14-21)28-23(31)16-3-7-18(8-4-16)29-24(32)22-15-27-25(34-2)30(22)20-11-5-17(26)6-12-20/h3-15H,1-2H3,(H,28,31)(H,29,32). The van der Waals surface area contributed by atoms with Gasteiger partial charge in [-0.25, -0.2) is 9.37 Å². The smallest absolute Gasteiger partial charge is 0.274 e. The van der Waals surface area contributed by atoms with Gasteiger partial charge in [0.1, 0.15) is 17.3 Å². The molecule has 1 aromatic heterocycles. The number of methoxy groups -OCH3 is 1. The van der Waals surface area contributed by atoms with Crippen LogP contribution >= 0.6 is 11.8 Å². The SMILES string of the molecule is COc1ccc(NC(=O)c2ccc(NC(=O)c3cnc(SC)n3-c3ccc(F)cc3)cc2)cc1. The minimum atomic E-state index is -0.382. The molecule has 2 amide bonds. The number of nitrogens with one attached hydrogen (secondary N) is 2. The average Bonchev–Trinajstić information content (AvgIpc) is 3.30. The van der Waals surface area contributed by atoms with Crippen LogP contribution in [0, 0.1) is 5.82 Å². The minimum Gasteiger partial charge on any atom is -0.497 e. The first-order valence-electron chi connectivity index (χ1n) is 10.2. The molecular weight excluding hydrogens is 455 g/mol. The lowest BCUT2D eigenvalue weighted by molar-refractivity contribution is 0.101. The number of rotatable bonds is 7. The highest BCUT2D eigenvalue weighted by Gasteiger charge is 2.18. The van der Waals surface area contributed by atoms with E-state index in [4.69, 9.17) is 4.74 Å². The van der Waals surface area contributed by atoms with Crippen molar-refractivity contribution in [3.05, 3.63) is 96.1 Å². The summed E-state index contributed by atoms with van der Waals surface area (Å²) in [5.41, 5.74) is 2.52. The van der Waals surface area contributed by atoms with Crippen molar-refractivity contribution in [2.24, 2.45) is 0 Å². The van der Waals surface area contributed by atoms with Crippen molar-refractivity contribution in [3.63, 3.8) is 0 Å². The van der Waals surface area contributed by atoms with Crippen LogP contribution in [0.4, 0.5) is 15.8 Å². The Labute approximate surface area is 200 Å². The fraction of sp³-hybridized carbons (Fsp3) is 0.0800. The van der Waals surface area contributed by atoms with Gasteiger partial charge in [0, 0.05) is 22.6 Å². The van der Waals surface area contributed by atoms with Crippen molar-refractivity contribution in [3.8, 4) is 11.4 Å². The number of nitrogens with zero attached hydrogens (tertiary/aromatic N) is 2. The summed E-state index contributed by atoms with van der Waals surface area (Å²) in [4.78, 5) is 29.8. The van der Waals surface area contributed by atoms with Crippen LogP contribution in [0.3, 0.4) is 0 Å². The van der Waals surface area contributed by atoms with Crippen molar-refractivity contribution in [2.75, 3.05) is 24.0 Å². The molecule has 0 saturated heterocycles. The average molecular weight is 477 g/mol. The normalized spacial score (nSPS) is 10.6. The van der Waals surface area contributed by atoms with Crippen LogP contribution in [0.5, 0.6) is 5.75 Å². The van der Waals surface area contributed by atoms with Gasteiger partial charge in [0.2, 0.25) is 0 Å². The molecule has 0 unspecified atom stereocenters. The number of carbonyl (C=O) groups is 2. The second-order valence-electron chi connectivity index (χ2n) is 7.16. The monoisotopic (exact) mass is 476 g/mol. The number of thioether (sulfide) groups is 1. The second kappa shape index (κ2) is 10.2. The van der Waals surface area contributed by atoms with Crippen LogP contribution in [0.1, 0.15) is 20.8 Å². The van der Waals surface area contributed by atoms with Crippen LogP contribution in [0.15, 0.2) is 84.1 Å². The second-order valence-corrected chi connectivity index (χ2v) is 7.93. The molecule has 172 valence electrons. The number of amides is 2. The molecule has 4 rings (SSSR count). The molecule has 34 heavy (non-hydrogen) atoms. The molecule has 0 aliphatic heterocycles. The van der Waals surface area contributed by atoms with Crippen molar-refractivity contribution in [1.82, 2.24) is 9.55 Å². The molecule has 4 aromatic rings. The highest BCUT2D eigenvalue weighted by molar-refractivity contribution is 7.98. The van der Waals surface area contributed by atoms with E-state index in [0.717, 1.165) is 0 Å². The molecule has 3 aromatic carbocycles. The summed E-state index contributed by atoms with van der Waals surface area (Å²) in [7, 11) is 1.58. The first kappa shape index (κ1) is 23.1. The Kier molecular flexibility index (Phi) is 6.93. The minimum absolute atomic E-state index is 0.276. The van der Waals surface area contributed by atoms with Gasteiger partial charge in [-0.2, -0.15) is 0 Å². The number of halogens is 1. The number of aromatic nitrogens is 2. The van der Waals surface area contributed by atoms with Crippen LogP contribution in [-0.4, -0.2) is 34.7 Å². The Balaban J connectivity index is 1.47. The maximum absolute atomic E-state index is 13.4. The fourth-order valence-electron chi connectivity index (χ4n) is 3.26. The summed E-state index contributed by atoms with van der Waals surface area (Å²) < 4.78 is 20.1. The van der Waals surface area contributed by atoms with Gasteiger partial charge >= 0.3 is 0 Å². The van der Waals surface area contributed by atoms with Gasteiger partial charge in [-0.3, -0.25) is 14.2 Å². The molecule has 0 atom stereocenters. The summed E-state index contributed by atoms with van der Waals surface area (Å²) in [6.45, 7) is 0. The number of carbonyl (C=O) groups excluding carboxylic acids is 2. The number of imidazole rings is 1. The Bertz CT molecular complexity index is 1300. The van der Waals surface area contributed by atoms with E-state index in [1.165, 1.54) is 30.1 Å². The van der Waals surface area contributed by atoms with Crippen molar-refractivity contribution in [2.45, 2.75) is 5.16 Å². The number of anilines is 2. The van der Waals surface area contributed by atoms with Crippen molar-refractivity contribution >= 4 is 35.0 Å². The van der Waals surface area contributed by atoms with Crippen LogP contribution in [0.25, 0.3) is 5.69 Å². The summed E-state index contributed by atoms with van der Waals surface area (Å²) >= 11 is 1.37. The molecule has 1 heterocycles. The molecule has 0 aliphatic carbocycles. The largest absolute Gasteiger partial charge is 0.497 e. The van der Waals surface area contributed by atoms with Gasteiger partial charge in [0.25, 0.3) is 11.8 Å². The summed E-state index contributed by atoms with van der Waals surface area (Å²) in [5.74, 6) is -0.324. The van der Waals surface area contributed by atoms with Crippen LogP contribution in [-0.2, 0) is 0 Å². The lowest BCUT2D eigenvalue weighted by Crippen LogP contribution is -2.17. The van der Waals surface area contributed by atoms with Gasteiger partial charge in [0.05, 0.1) is 13.3 Å². The van der Waals surface area contributed by atoms with Gasteiger partial charge < -0.3 is 15.4 Å². The van der Waals surface area contributed by atoms with Crippen LogP contribution < -0.4 is 15.4 Å². The third kappa shape index (κ3) is 5.10. The zero-order valence-corrected chi connectivity index (χ0v) is 19.2. The van der Waals surface area contributed by atoms with E-state index in [1.54, 1.807) is 72.3 Å². The van der Waals surface area contributed by atoms with Crippen molar-refractivity contribution < 1.29 is 18.7 Å². The Hall–Kier alpha value is -4.11. The molecule has 7 nitrogen and oxygen atoms in total. The number of hydrogen-bond donors (Lipinski definition) is 2. The Morgan fingerprint density at radius 2 is 1.47 bits per heavy atom. The third-order valence-electron chi connectivity index (χ3n) is 4.98. The lowest BCUT2D eigenvalue weighted by atomic mass is 10.2. The number of ether oxygens (including phenoxy) is 1. The first-order chi connectivity index (χ1) is 16.5. The summed E-state index contributed by atoms with van der Waals surface area (Å²) in [5, 5.41) is 6.23. The van der Waals surface area contributed by atoms with E-state index in [0.29, 0.717) is 39.2 Å². The topological polar surface area (TPSA) is 85.2 Å². The zero-order chi connectivity index (χ0) is 24.1. The molecule has 0 aliphatic rings. The van der Waals surface area contributed by atoms with Gasteiger partial charge in [0.15, 0.2) is 5.16 Å². The molecule has 9 heteroatoms. The van der Waals surface area contributed by atoms with Crippen LogP contribution in [0.2, 0.25) is 0 Å². The van der Waals surface area contributed by atoms with Gasteiger partial charge in [-0.1, -0.05) is 11.8 Å². The quantitative estimate of drug-likeness (QED) is 0.356. The van der Waals surface area contributed by atoms with E-state index in [9.17, 15) is 14.0 Å². The maximum atomic E-state index is 13.4. The highest BCUT2D eigenvalue weighted by atomic mass is 32.2. The van der Waals surface area contributed by atoms with E-state index in [1.807, 2.05) is 6.26 Å². The van der Waals surface area contributed by atoms with Gasteiger partial charge in [-0.05, 0) is 79.1 Å². The maximum Gasteiger partial charge on any atom is 0.274 e. The van der Waals surface area contributed by atoms with E-state index < -0.39 is 0 Å². The molecule has 0 spiro atoms. The first-order valence-corrected chi connectivity index (χ1v) is 11.5. The molecule has 0 bridgehead atoms. The molecule has 0 radical (unpaired) electrons. The van der Waals surface area contributed by atoms with E-state index in [2.05, 4.69) is 15.6 Å². The molecule has 0 saturated carbocycles. The Morgan fingerprint density at radius 3 is 2.06 bits per heavy atom. The van der Waals surface area contributed by atoms with Gasteiger partial charge in [-0.15, -0.1) is 0 Å². The fourth-order valence-corrected chi connectivity index (χ4v) is 3.80. The van der Waals surface area contributed by atoms with E-state index in [-0.39, 0.29) is 17.6 Å². The van der Waals surface area contributed by atoms with E-state index >= 15 is 0 Å². The predicted molar refractivity (Wildman–Crippen MR) is 131 cm³/mol. The summed E-state index contributed by atoms with van der Waals surface area (Å²) in [6, 6.07) is 19.4. The predicted octanol–water partition coefficient (Wildman–Crippen LogP) is 5.25. The third-order valence-corrected chi connectivity index (χ3v) is 5.64. The summed E-state index contributed by atoms with van der Waals surface area (Å²) in [6.07, 6.45) is 3.32. The molecular formula is C25H21FN4O3S. The zero-order valence-electron chi connectivity index (χ0n) is 18.4. The Morgan fingerprint density at radius 1 is 0.882 bits per heavy atom. The van der Waals surface area contributed by atoms with Crippen molar-refractivity contribution in [1.29, 1.82) is 0 Å². The molecule has 2 N–H and O–H groups in total. The lowest BCUT2D eigenvalue weighted by Gasteiger charge is -2.12. The molecule has 0 fully saturated rings. The highest BCUT2D eigenvalue weighted by Crippen LogP contribution is 2.23. The number of hydrogen-bond acceptors (Lipinski definition) is 5. The number of benzene rings is 3.